The molecule has 0 atom stereocenters. The van der Waals surface area contributed by atoms with Gasteiger partial charge in [0.05, 0.1) is 0 Å². The lowest BCUT2D eigenvalue weighted by molar-refractivity contribution is 0.568. The Morgan fingerprint density at radius 3 is 0.934 bits per heavy atom. The van der Waals surface area contributed by atoms with Crippen LogP contribution in [0.5, 0.6) is 0 Å². The fourth-order valence-corrected chi connectivity index (χ4v) is 13.2. The Labute approximate surface area is 466 Å². The number of hydrogen-bond acceptors (Lipinski definition) is 0. The number of hydrogen-bond donors (Lipinski definition) is 0. The lowest BCUT2D eigenvalue weighted by atomic mass is 9.77. The standard InChI is InChI=1S/C74H66Br2/c1-71(2,3)49-31-47(32-50(39-49)72(4,5)6)61-41-65-58-30-28-46(56-24-18-26-60-54-22-16-14-20-44(54)38-68(76)70(56)60)36-64(58)62(48-33-51(73(7,8)9)40-52(34-48)74(10,11)12)42-66(65)57-29-27-45(35-63(57)61)55-23-17-25-59-53-21-15-13-19-43(53)37-67(75)69(55)59/h13-42H,1-12H3. The molecule has 0 saturated carbocycles. The zero-order chi connectivity index (χ0) is 53.4. The second-order valence-corrected chi connectivity index (χ2v) is 27.4. The average Bonchev–Trinajstić information content (AvgIpc) is 3.48. The summed E-state index contributed by atoms with van der Waals surface area (Å²) in [7, 11) is 0. The summed E-state index contributed by atoms with van der Waals surface area (Å²) in [6.45, 7) is 28.2. The minimum Gasteiger partial charge on any atom is -0.0616 e. The molecule has 0 unspecified atom stereocenters. The number of rotatable bonds is 4. The SMILES string of the molecule is CC(C)(C)c1cc(-c2cc3c4ccc(-c5cccc6c5c(Br)cc5ccccc56)cc4c(-c4cc(C(C)(C)C)cc(C(C)(C)C)c4)cc3c3ccc(-c4cccc5c4c(Br)cc4ccccc45)cc23)cc(C(C)(C)C)c1. The molecular formula is C74H66Br2. The van der Waals surface area contributed by atoms with Gasteiger partial charge < -0.3 is 0 Å². The topological polar surface area (TPSA) is 0 Å². The average molecular weight is 1120 g/mol. The van der Waals surface area contributed by atoms with Crippen molar-refractivity contribution >= 4 is 107 Å². The Kier molecular flexibility index (Phi) is 11.9. The molecule has 0 aliphatic heterocycles. The van der Waals surface area contributed by atoms with E-state index in [2.05, 4.69) is 297 Å². The zero-order valence-electron chi connectivity index (χ0n) is 46.1. The molecule has 0 bridgehead atoms. The van der Waals surface area contributed by atoms with Gasteiger partial charge in [-0.15, -0.1) is 0 Å². The first-order valence-electron chi connectivity index (χ1n) is 27.0. The third kappa shape index (κ3) is 8.65. The number of halogens is 2. The van der Waals surface area contributed by atoms with Crippen molar-refractivity contribution in [1.82, 2.24) is 0 Å². The summed E-state index contributed by atoms with van der Waals surface area (Å²) >= 11 is 8.16. The third-order valence-corrected chi connectivity index (χ3v) is 17.6. The predicted octanol–water partition coefficient (Wildman–Crippen LogP) is 23.1. The summed E-state index contributed by atoms with van der Waals surface area (Å²) in [6, 6.07) is 70.2. The van der Waals surface area contributed by atoms with Crippen LogP contribution in [0.3, 0.4) is 0 Å². The molecule has 76 heavy (non-hydrogen) atoms. The van der Waals surface area contributed by atoms with E-state index in [9.17, 15) is 0 Å². The molecule has 376 valence electrons. The maximum absolute atomic E-state index is 4.08. The first-order chi connectivity index (χ1) is 36.0. The summed E-state index contributed by atoms with van der Waals surface area (Å²) < 4.78 is 2.21. The fraction of sp³-hybridized carbons (Fsp3) is 0.216. The first kappa shape index (κ1) is 50.2. The molecule has 0 N–H and O–H groups in total. The van der Waals surface area contributed by atoms with E-state index >= 15 is 0 Å². The second kappa shape index (κ2) is 18.0. The molecule has 2 heteroatoms. The van der Waals surface area contributed by atoms with Gasteiger partial charge in [-0.05, 0) is 189 Å². The molecule has 0 nitrogen and oxygen atoms in total. The van der Waals surface area contributed by atoms with E-state index in [4.69, 9.17) is 0 Å². The van der Waals surface area contributed by atoms with Gasteiger partial charge in [-0.1, -0.05) is 261 Å². The molecule has 0 fully saturated rings. The van der Waals surface area contributed by atoms with Crippen LogP contribution in [-0.4, -0.2) is 0 Å². The van der Waals surface area contributed by atoms with Crippen LogP contribution in [-0.2, 0) is 21.7 Å². The monoisotopic (exact) mass is 1110 g/mol. The van der Waals surface area contributed by atoms with Crippen molar-refractivity contribution in [3.8, 4) is 44.5 Å². The second-order valence-electron chi connectivity index (χ2n) is 25.7. The highest BCUT2D eigenvalue weighted by Crippen LogP contribution is 2.49. The first-order valence-corrected chi connectivity index (χ1v) is 28.6. The van der Waals surface area contributed by atoms with Crippen LogP contribution in [0.25, 0.3) is 120 Å². The maximum atomic E-state index is 4.08. The van der Waals surface area contributed by atoms with E-state index in [0.717, 1.165) is 8.95 Å². The van der Waals surface area contributed by atoms with Gasteiger partial charge in [0.1, 0.15) is 0 Å². The fourth-order valence-electron chi connectivity index (χ4n) is 11.9. The third-order valence-electron chi connectivity index (χ3n) is 16.3. The largest absolute Gasteiger partial charge is 0.0616 e. The van der Waals surface area contributed by atoms with Crippen LogP contribution in [0.4, 0.5) is 0 Å². The van der Waals surface area contributed by atoms with Crippen LogP contribution in [0.2, 0.25) is 0 Å². The van der Waals surface area contributed by atoms with Gasteiger partial charge in [0.15, 0.2) is 0 Å². The highest BCUT2D eigenvalue weighted by molar-refractivity contribution is 9.11. The molecule has 12 rings (SSSR count). The molecule has 0 heterocycles. The summed E-state index contributed by atoms with van der Waals surface area (Å²) in [6.07, 6.45) is 0. The number of fused-ring (bicyclic) bond motifs is 11. The minimum absolute atomic E-state index is 0.0553. The molecular weight excluding hydrogens is 1050 g/mol. The Balaban J connectivity index is 1.22. The summed E-state index contributed by atoms with van der Waals surface area (Å²) in [5, 5.41) is 17.5. The summed E-state index contributed by atoms with van der Waals surface area (Å²) in [4.78, 5) is 0. The molecule has 0 aromatic heterocycles. The summed E-state index contributed by atoms with van der Waals surface area (Å²) in [5.74, 6) is 0. The quantitative estimate of drug-likeness (QED) is 0.154. The van der Waals surface area contributed by atoms with Crippen molar-refractivity contribution in [1.29, 1.82) is 0 Å². The van der Waals surface area contributed by atoms with Gasteiger partial charge in [-0.2, -0.15) is 0 Å². The van der Waals surface area contributed by atoms with E-state index in [1.54, 1.807) is 0 Å². The van der Waals surface area contributed by atoms with E-state index in [-0.39, 0.29) is 21.7 Å². The van der Waals surface area contributed by atoms with Crippen LogP contribution in [0.1, 0.15) is 105 Å². The highest BCUT2D eigenvalue weighted by atomic mass is 79.9. The van der Waals surface area contributed by atoms with Crippen molar-refractivity contribution in [2.45, 2.75) is 105 Å². The van der Waals surface area contributed by atoms with Gasteiger partial charge in [0.25, 0.3) is 0 Å². The molecule has 12 aromatic carbocycles. The van der Waals surface area contributed by atoms with Crippen LogP contribution in [0, 0.1) is 0 Å². The number of benzene rings is 12. The van der Waals surface area contributed by atoms with Crippen molar-refractivity contribution < 1.29 is 0 Å². The van der Waals surface area contributed by atoms with Crippen molar-refractivity contribution in [2.75, 3.05) is 0 Å². The van der Waals surface area contributed by atoms with E-state index in [1.165, 1.54) is 142 Å². The van der Waals surface area contributed by atoms with Gasteiger partial charge in [-0.25, -0.2) is 0 Å². The van der Waals surface area contributed by atoms with Crippen molar-refractivity contribution in [2.24, 2.45) is 0 Å². The van der Waals surface area contributed by atoms with Crippen LogP contribution in [0.15, 0.2) is 191 Å². The summed E-state index contributed by atoms with van der Waals surface area (Å²) in [5.41, 5.74) is 15.0. The van der Waals surface area contributed by atoms with E-state index in [0.29, 0.717) is 0 Å². The van der Waals surface area contributed by atoms with Gasteiger partial charge in [0.2, 0.25) is 0 Å². The molecule has 0 spiro atoms. The van der Waals surface area contributed by atoms with E-state index < -0.39 is 0 Å². The smallest absolute Gasteiger partial charge is 0.0266 e. The molecule has 12 aromatic rings. The molecule has 0 aliphatic rings. The molecule has 0 saturated heterocycles. The van der Waals surface area contributed by atoms with Crippen LogP contribution >= 0.6 is 31.9 Å². The highest BCUT2D eigenvalue weighted by Gasteiger charge is 2.26. The van der Waals surface area contributed by atoms with Gasteiger partial charge in [-0.3, -0.25) is 0 Å². The Bertz CT molecular complexity index is 4040. The lowest BCUT2D eigenvalue weighted by Crippen LogP contribution is -2.16. The Morgan fingerprint density at radius 1 is 0.237 bits per heavy atom. The Hall–Kier alpha value is -6.58. The van der Waals surface area contributed by atoms with Gasteiger partial charge in [0, 0.05) is 19.7 Å². The normalized spacial score (nSPS) is 12.9. The maximum Gasteiger partial charge on any atom is 0.0266 e. The lowest BCUT2D eigenvalue weighted by Gasteiger charge is -2.27. The van der Waals surface area contributed by atoms with Gasteiger partial charge >= 0.3 is 0 Å². The van der Waals surface area contributed by atoms with Crippen molar-refractivity contribution in [3.63, 3.8) is 0 Å². The Morgan fingerprint density at radius 2 is 0.579 bits per heavy atom. The van der Waals surface area contributed by atoms with Crippen molar-refractivity contribution in [3.05, 3.63) is 213 Å². The van der Waals surface area contributed by atoms with Crippen LogP contribution < -0.4 is 0 Å². The minimum atomic E-state index is -0.0553. The molecule has 0 aliphatic carbocycles. The molecule has 0 radical (unpaired) electrons. The zero-order valence-corrected chi connectivity index (χ0v) is 49.2. The van der Waals surface area contributed by atoms with E-state index in [1.807, 2.05) is 0 Å². The predicted molar refractivity (Wildman–Crippen MR) is 341 cm³/mol. The molecule has 0 amide bonds.